The Hall–Kier alpha value is -3.81. The smallest absolute Gasteiger partial charge is 0.330 e. The zero-order valence-electron chi connectivity index (χ0n) is 20.5. The number of nitrogen functional groups attached to an aromatic ring is 1. The lowest BCUT2D eigenvalue weighted by Gasteiger charge is -2.30. The third kappa shape index (κ3) is 5.16. The fourth-order valence-electron chi connectivity index (χ4n) is 4.61. The molecule has 0 fully saturated rings. The van der Waals surface area contributed by atoms with E-state index in [0.717, 1.165) is 17.7 Å². The van der Waals surface area contributed by atoms with E-state index in [1.807, 2.05) is 48.5 Å². The molecule has 0 unspecified atom stereocenters. The quantitative estimate of drug-likeness (QED) is 0.521. The molecule has 1 aliphatic heterocycles. The number of amides is 1. The number of rotatable bonds is 8. The molecule has 0 spiro atoms. The molecular weight excluding hydrogens is 442 g/mol. The van der Waals surface area contributed by atoms with Crippen LogP contribution in [0.15, 0.2) is 64.2 Å². The van der Waals surface area contributed by atoms with E-state index in [0.29, 0.717) is 18.9 Å². The number of nitrogens with two attached hydrogens (primary N) is 1. The Balaban J connectivity index is 1.71. The number of nitrogens with zero attached hydrogens (tertiary/aromatic N) is 3. The summed E-state index contributed by atoms with van der Waals surface area (Å²) in [5, 5.41) is 0. The molecule has 2 aromatic carbocycles. The standard InChI is InChI=1S/C27H33N5O3/c1-18(2)13-14-30(23(33)17-31-19(3)15-21-11-7-8-12-22(21)31)24-25(28)32(27(35)29-26(24)34)16-20-9-5-4-6-10-20/h4-12,18-19H,13-17,28H2,1-3H3,(H,29,34,35)/t19-/m1/s1. The molecule has 2 heterocycles. The molecule has 8 nitrogen and oxygen atoms in total. The van der Waals surface area contributed by atoms with E-state index in [4.69, 9.17) is 5.73 Å². The van der Waals surface area contributed by atoms with Gasteiger partial charge >= 0.3 is 5.69 Å². The van der Waals surface area contributed by atoms with Crippen LogP contribution in [0, 0.1) is 5.92 Å². The van der Waals surface area contributed by atoms with Gasteiger partial charge in [0.15, 0.2) is 5.69 Å². The Morgan fingerprint density at radius 1 is 1.11 bits per heavy atom. The SMILES string of the molecule is CC(C)CCN(C(=O)CN1c2ccccc2C[C@H]1C)c1c(N)n(Cc2ccccc2)c(=O)[nH]c1=O. The molecule has 1 aromatic heterocycles. The number of aromatic nitrogens is 2. The summed E-state index contributed by atoms with van der Waals surface area (Å²) in [5.41, 5.74) is 8.31. The summed E-state index contributed by atoms with van der Waals surface area (Å²) >= 11 is 0. The van der Waals surface area contributed by atoms with E-state index in [2.05, 4.69) is 36.7 Å². The molecule has 3 N–H and O–H groups in total. The van der Waals surface area contributed by atoms with Gasteiger partial charge in [0.05, 0.1) is 13.1 Å². The molecule has 0 saturated carbocycles. The minimum absolute atomic E-state index is 0.00502. The van der Waals surface area contributed by atoms with E-state index >= 15 is 0 Å². The van der Waals surface area contributed by atoms with E-state index in [-0.39, 0.29) is 36.5 Å². The lowest BCUT2D eigenvalue weighted by Crippen LogP contribution is -2.47. The van der Waals surface area contributed by atoms with Crippen LogP contribution in [-0.4, -0.2) is 34.6 Å². The van der Waals surface area contributed by atoms with Crippen LogP contribution in [0.5, 0.6) is 0 Å². The van der Waals surface area contributed by atoms with E-state index in [1.165, 1.54) is 15.0 Å². The number of carbonyl (C=O) groups excluding carboxylic acids is 1. The van der Waals surface area contributed by atoms with Crippen LogP contribution in [0.2, 0.25) is 0 Å². The number of aromatic amines is 1. The summed E-state index contributed by atoms with van der Waals surface area (Å²) in [4.78, 5) is 45.3. The van der Waals surface area contributed by atoms with Crippen LogP contribution in [0.1, 0.15) is 38.3 Å². The average Bonchev–Trinajstić information content (AvgIpc) is 3.14. The maximum absolute atomic E-state index is 13.7. The monoisotopic (exact) mass is 475 g/mol. The van der Waals surface area contributed by atoms with Crippen molar-refractivity contribution in [2.45, 2.75) is 46.2 Å². The number of H-pyrrole nitrogens is 1. The van der Waals surface area contributed by atoms with Gasteiger partial charge in [-0.3, -0.25) is 19.1 Å². The second-order valence-electron chi connectivity index (χ2n) is 9.60. The van der Waals surface area contributed by atoms with E-state index < -0.39 is 11.2 Å². The van der Waals surface area contributed by atoms with Crippen LogP contribution in [-0.2, 0) is 17.8 Å². The molecule has 3 aromatic rings. The molecule has 8 heteroatoms. The van der Waals surface area contributed by atoms with E-state index in [9.17, 15) is 14.4 Å². The molecule has 0 bridgehead atoms. The Kier molecular flexibility index (Phi) is 7.10. The molecule has 35 heavy (non-hydrogen) atoms. The van der Waals surface area contributed by atoms with Crippen LogP contribution >= 0.6 is 0 Å². The molecule has 0 saturated heterocycles. The molecule has 0 aliphatic carbocycles. The summed E-state index contributed by atoms with van der Waals surface area (Å²) in [6, 6.07) is 17.6. The fraction of sp³-hybridized carbons (Fsp3) is 0.370. The Morgan fingerprint density at radius 2 is 1.80 bits per heavy atom. The van der Waals surface area contributed by atoms with Crippen molar-refractivity contribution in [2.24, 2.45) is 5.92 Å². The molecule has 1 amide bonds. The van der Waals surface area contributed by atoms with Gasteiger partial charge in [-0.1, -0.05) is 62.4 Å². The zero-order valence-corrected chi connectivity index (χ0v) is 20.5. The minimum Gasteiger partial charge on any atom is -0.383 e. The third-order valence-electron chi connectivity index (χ3n) is 6.55. The van der Waals surface area contributed by atoms with Crippen molar-refractivity contribution in [2.75, 3.05) is 28.6 Å². The molecule has 4 rings (SSSR count). The number of para-hydroxylation sites is 1. The van der Waals surface area contributed by atoms with Crippen molar-refractivity contribution in [1.29, 1.82) is 0 Å². The van der Waals surface area contributed by atoms with Gasteiger partial charge in [-0.2, -0.15) is 0 Å². The van der Waals surface area contributed by atoms with Gasteiger partial charge in [0, 0.05) is 18.3 Å². The lowest BCUT2D eigenvalue weighted by molar-refractivity contribution is -0.117. The second kappa shape index (κ2) is 10.2. The zero-order chi connectivity index (χ0) is 25.1. The van der Waals surface area contributed by atoms with Crippen molar-refractivity contribution < 1.29 is 4.79 Å². The minimum atomic E-state index is -0.649. The first-order chi connectivity index (χ1) is 16.8. The normalized spacial score (nSPS) is 14.9. The van der Waals surface area contributed by atoms with Crippen LogP contribution in [0.4, 0.5) is 17.2 Å². The van der Waals surface area contributed by atoms with Crippen molar-refractivity contribution in [3.05, 3.63) is 86.6 Å². The Morgan fingerprint density at radius 3 is 2.51 bits per heavy atom. The number of hydrogen-bond donors (Lipinski definition) is 2. The second-order valence-corrected chi connectivity index (χ2v) is 9.60. The lowest BCUT2D eigenvalue weighted by atomic mass is 10.1. The van der Waals surface area contributed by atoms with Crippen molar-refractivity contribution in [3.8, 4) is 0 Å². The highest BCUT2D eigenvalue weighted by molar-refractivity contribution is 5.98. The van der Waals surface area contributed by atoms with Crippen LogP contribution < -0.4 is 26.8 Å². The molecule has 0 radical (unpaired) electrons. The van der Waals surface area contributed by atoms with Gasteiger partial charge in [0.1, 0.15) is 5.82 Å². The highest BCUT2D eigenvalue weighted by Crippen LogP contribution is 2.32. The van der Waals surface area contributed by atoms with Crippen LogP contribution in [0.3, 0.4) is 0 Å². The number of anilines is 3. The van der Waals surface area contributed by atoms with Crippen molar-refractivity contribution in [1.82, 2.24) is 9.55 Å². The molecule has 184 valence electrons. The first kappa shape index (κ1) is 24.3. The summed E-state index contributed by atoms with van der Waals surface area (Å²) in [7, 11) is 0. The summed E-state index contributed by atoms with van der Waals surface area (Å²) in [5.74, 6) is 0.0816. The number of nitrogens with one attached hydrogen (secondary N) is 1. The van der Waals surface area contributed by atoms with Gasteiger partial charge in [-0.25, -0.2) is 4.79 Å². The van der Waals surface area contributed by atoms with Gasteiger partial charge in [0.2, 0.25) is 5.91 Å². The topological polar surface area (TPSA) is 104 Å². The molecule has 1 aliphatic rings. The first-order valence-electron chi connectivity index (χ1n) is 12.1. The number of benzene rings is 2. The maximum atomic E-state index is 13.7. The molecular formula is C27H33N5O3. The van der Waals surface area contributed by atoms with Crippen molar-refractivity contribution in [3.63, 3.8) is 0 Å². The van der Waals surface area contributed by atoms with Crippen LogP contribution in [0.25, 0.3) is 0 Å². The summed E-state index contributed by atoms with van der Waals surface area (Å²) in [6.45, 7) is 6.85. The first-order valence-corrected chi connectivity index (χ1v) is 12.1. The summed E-state index contributed by atoms with van der Waals surface area (Å²) in [6.07, 6.45) is 1.55. The van der Waals surface area contributed by atoms with Gasteiger partial charge in [0.25, 0.3) is 5.56 Å². The number of carbonyl (C=O) groups is 1. The van der Waals surface area contributed by atoms with Gasteiger partial charge in [-0.15, -0.1) is 0 Å². The fourth-order valence-corrected chi connectivity index (χ4v) is 4.61. The van der Waals surface area contributed by atoms with Gasteiger partial charge < -0.3 is 15.5 Å². The average molecular weight is 476 g/mol. The highest BCUT2D eigenvalue weighted by Gasteiger charge is 2.31. The molecule has 1 atom stereocenters. The largest absolute Gasteiger partial charge is 0.383 e. The predicted molar refractivity (Wildman–Crippen MR) is 140 cm³/mol. The Bertz CT molecular complexity index is 1310. The Labute approximate surface area is 205 Å². The highest BCUT2D eigenvalue weighted by atomic mass is 16.2. The number of fused-ring (bicyclic) bond motifs is 1. The van der Waals surface area contributed by atoms with E-state index in [1.54, 1.807) is 0 Å². The predicted octanol–water partition coefficient (Wildman–Crippen LogP) is 3.00. The number of hydrogen-bond acceptors (Lipinski definition) is 5. The van der Waals surface area contributed by atoms with Crippen molar-refractivity contribution >= 4 is 23.1 Å². The third-order valence-corrected chi connectivity index (χ3v) is 6.55. The summed E-state index contributed by atoms with van der Waals surface area (Å²) < 4.78 is 1.31. The van der Waals surface area contributed by atoms with Gasteiger partial charge in [-0.05, 0) is 42.9 Å². The maximum Gasteiger partial charge on any atom is 0.330 e.